The van der Waals surface area contributed by atoms with Gasteiger partial charge in [-0.2, -0.15) is 11.8 Å². The molecule has 0 aromatic carbocycles. The standard InChI is InChI=1S/C13H22N2O2S/c1-10-4-6-13(7-5-10)11(16)14-12(17)15(13)8-3-9-18-2/h10H,3-9H2,1-2H3,(H,14,16,17). The number of nitrogens with zero attached hydrogens (tertiary/aromatic N) is 1. The lowest BCUT2D eigenvalue weighted by molar-refractivity contribution is -0.128. The third-order valence-electron chi connectivity index (χ3n) is 4.24. The van der Waals surface area contributed by atoms with E-state index in [1.165, 1.54) is 0 Å². The van der Waals surface area contributed by atoms with Crippen LogP contribution < -0.4 is 5.32 Å². The average molecular weight is 270 g/mol. The van der Waals surface area contributed by atoms with Crippen LogP contribution in [0, 0.1) is 5.92 Å². The number of hydrogen-bond acceptors (Lipinski definition) is 3. The molecule has 0 aromatic rings. The lowest BCUT2D eigenvalue weighted by Gasteiger charge is -2.40. The summed E-state index contributed by atoms with van der Waals surface area (Å²) in [6.07, 6.45) is 6.75. The summed E-state index contributed by atoms with van der Waals surface area (Å²) in [6.45, 7) is 2.92. The smallest absolute Gasteiger partial charge is 0.310 e. The van der Waals surface area contributed by atoms with Gasteiger partial charge in [-0.15, -0.1) is 0 Å². The van der Waals surface area contributed by atoms with Gasteiger partial charge in [-0.05, 0) is 50.0 Å². The molecule has 1 aliphatic carbocycles. The van der Waals surface area contributed by atoms with Crippen LogP contribution >= 0.6 is 11.8 Å². The topological polar surface area (TPSA) is 49.4 Å². The lowest BCUT2D eigenvalue weighted by atomic mass is 9.76. The first-order valence-electron chi connectivity index (χ1n) is 6.72. The molecule has 1 heterocycles. The number of thioether (sulfide) groups is 1. The normalized spacial score (nSPS) is 32.1. The molecule has 18 heavy (non-hydrogen) atoms. The molecule has 1 saturated heterocycles. The second kappa shape index (κ2) is 5.51. The van der Waals surface area contributed by atoms with E-state index < -0.39 is 5.54 Å². The van der Waals surface area contributed by atoms with Crippen LogP contribution in [0.25, 0.3) is 0 Å². The SMILES string of the molecule is CSCCCN1C(=O)NC(=O)C12CCC(C)CC2. The van der Waals surface area contributed by atoms with Crippen LogP contribution in [0.15, 0.2) is 0 Å². The van der Waals surface area contributed by atoms with Crippen LogP contribution in [-0.4, -0.2) is 40.9 Å². The Hall–Kier alpha value is -0.710. The van der Waals surface area contributed by atoms with Crippen LogP contribution in [0.5, 0.6) is 0 Å². The minimum atomic E-state index is -0.526. The number of urea groups is 1. The highest BCUT2D eigenvalue weighted by Gasteiger charge is 2.53. The van der Waals surface area contributed by atoms with Crippen LogP contribution in [-0.2, 0) is 4.79 Å². The van der Waals surface area contributed by atoms with Gasteiger partial charge in [-0.25, -0.2) is 4.79 Å². The van der Waals surface area contributed by atoms with Gasteiger partial charge in [0.2, 0.25) is 0 Å². The summed E-state index contributed by atoms with van der Waals surface area (Å²) in [5, 5.41) is 2.51. The summed E-state index contributed by atoms with van der Waals surface area (Å²) in [6, 6.07) is -0.185. The molecule has 2 fully saturated rings. The predicted molar refractivity (Wildman–Crippen MR) is 73.6 cm³/mol. The number of hydrogen-bond donors (Lipinski definition) is 1. The van der Waals surface area contributed by atoms with E-state index in [-0.39, 0.29) is 11.9 Å². The number of amides is 3. The van der Waals surface area contributed by atoms with Crippen molar-refractivity contribution in [2.24, 2.45) is 5.92 Å². The van der Waals surface area contributed by atoms with E-state index in [2.05, 4.69) is 18.5 Å². The Morgan fingerprint density at radius 3 is 2.67 bits per heavy atom. The van der Waals surface area contributed by atoms with Crippen molar-refractivity contribution in [2.75, 3.05) is 18.6 Å². The molecule has 1 saturated carbocycles. The van der Waals surface area contributed by atoms with Gasteiger partial charge >= 0.3 is 6.03 Å². The molecule has 2 aliphatic rings. The molecule has 4 nitrogen and oxygen atoms in total. The highest BCUT2D eigenvalue weighted by molar-refractivity contribution is 7.98. The number of nitrogens with one attached hydrogen (secondary N) is 1. The zero-order chi connectivity index (χ0) is 13.2. The first-order chi connectivity index (χ1) is 8.60. The largest absolute Gasteiger partial charge is 0.325 e. The van der Waals surface area contributed by atoms with Crippen molar-refractivity contribution in [1.29, 1.82) is 0 Å². The summed E-state index contributed by atoms with van der Waals surface area (Å²) in [5.74, 6) is 1.64. The molecule has 0 unspecified atom stereocenters. The number of carbonyl (C=O) groups is 2. The summed E-state index contributed by atoms with van der Waals surface area (Å²) in [4.78, 5) is 25.9. The molecule has 0 aromatic heterocycles. The molecular formula is C13H22N2O2S. The van der Waals surface area contributed by atoms with Crippen molar-refractivity contribution >= 4 is 23.7 Å². The van der Waals surface area contributed by atoms with Crippen LogP contribution in [0.1, 0.15) is 39.0 Å². The second-order valence-electron chi connectivity index (χ2n) is 5.47. The maximum atomic E-state index is 12.1. The minimum absolute atomic E-state index is 0.0662. The van der Waals surface area contributed by atoms with E-state index >= 15 is 0 Å². The Kier molecular flexibility index (Phi) is 4.20. The Labute approximate surface area is 113 Å². The van der Waals surface area contributed by atoms with E-state index in [1.807, 2.05) is 0 Å². The summed E-state index contributed by atoms with van der Waals surface area (Å²) in [7, 11) is 0. The highest BCUT2D eigenvalue weighted by Crippen LogP contribution is 2.39. The quantitative estimate of drug-likeness (QED) is 0.629. The van der Waals surface area contributed by atoms with Crippen molar-refractivity contribution in [3.05, 3.63) is 0 Å². The maximum Gasteiger partial charge on any atom is 0.325 e. The van der Waals surface area contributed by atoms with Gasteiger partial charge in [-0.1, -0.05) is 6.92 Å². The van der Waals surface area contributed by atoms with Gasteiger partial charge < -0.3 is 4.90 Å². The van der Waals surface area contributed by atoms with Gasteiger partial charge in [0.05, 0.1) is 0 Å². The van der Waals surface area contributed by atoms with E-state index in [0.29, 0.717) is 12.5 Å². The van der Waals surface area contributed by atoms with Crippen molar-refractivity contribution in [3.8, 4) is 0 Å². The molecule has 1 spiro atoms. The second-order valence-corrected chi connectivity index (χ2v) is 6.46. The minimum Gasteiger partial charge on any atom is -0.310 e. The summed E-state index contributed by atoms with van der Waals surface area (Å²) < 4.78 is 0. The Bertz CT molecular complexity index is 338. The lowest BCUT2D eigenvalue weighted by Crippen LogP contribution is -2.52. The van der Waals surface area contributed by atoms with Gasteiger partial charge in [0.25, 0.3) is 5.91 Å². The van der Waals surface area contributed by atoms with Gasteiger partial charge in [0.1, 0.15) is 5.54 Å². The third kappa shape index (κ3) is 2.37. The number of imide groups is 1. The molecule has 2 rings (SSSR count). The molecule has 1 N–H and O–H groups in total. The zero-order valence-corrected chi connectivity index (χ0v) is 12.0. The first-order valence-corrected chi connectivity index (χ1v) is 8.11. The van der Waals surface area contributed by atoms with E-state index in [0.717, 1.165) is 37.9 Å². The van der Waals surface area contributed by atoms with Crippen LogP contribution in [0.2, 0.25) is 0 Å². The molecule has 1 aliphatic heterocycles. The van der Waals surface area contributed by atoms with Crippen molar-refractivity contribution in [1.82, 2.24) is 10.2 Å². The fourth-order valence-corrected chi connectivity index (χ4v) is 3.43. The number of carbonyl (C=O) groups excluding carboxylic acids is 2. The predicted octanol–water partition coefficient (Wildman–Crippen LogP) is 2.24. The van der Waals surface area contributed by atoms with Crippen molar-refractivity contribution in [2.45, 2.75) is 44.6 Å². The van der Waals surface area contributed by atoms with Crippen LogP contribution in [0.3, 0.4) is 0 Å². The fourth-order valence-electron chi connectivity index (χ4n) is 3.02. The van der Waals surface area contributed by atoms with E-state index in [9.17, 15) is 9.59 Å². The Morgan fingerprint density at radius 2 is 2.06 bits per heavy atom. The maximum absolute atomic E-state index is 12.1. The molecule has 5 heteroatoms. The Morgan fingerprint density at radius 1 is 1.39 bits per heavy atom. The molecule has 0 bridgehead atoms. The van der Waals surface area contributed by atoms with Crippen molar-refractivity contribution in [3.63, 3.8) is 0 Å². The fraction of sp³-hybridized carbons (Fsp3) is 0.846. The Balaban J connectivity index is 2.09. The van der Waals surface area contributed by atoms with E-state index in [1.54, 1.807) is 16.7 Å². The zero-order valence-electron chi connectivity index (χ0n) is 11.2. The van der Waals surface area contributed by atoms with Crippen LogP contribution in [0.4, 0.5) is 4.79 Å². The first kappa shape index (κ1) is 13.7. The highest BCUT2D eigenvalue weighted by atomic mass is 32.2. The van der Waals surface area contributed by atoms with E-state index in [4.69, 9.17) is 0 Å². The number of rotatable bonds is 4. The summed E-state index contributed by atoms with van der Waals surface area (Å²) >= 11 is 1.78. The van der Waals surface area contributed by atoms with Gasteiger partial charge in [0.15, 0.2) is 0 Å². The average Bonchev–Trinajstić information content (AvgIpc) is 2.57. The van der Waals surface area contributed by atoms with Gasteiger partial charge in [-0.3, -0.25) is 10.1 Å². The molecule has 102 valence electrons. The summed E-state index contributed by atoms with van der Waals surface area (Å²) in [5.41, 5.74) is -0.526. The molecule has 3 amide bonds. The molecule has 0 atom stereocenters. The third-order valence-corrected chi connectivity index (χ3v) is 4.93. The van der Waals surface area contributed by atoms with Gasteiger partial charge in [0, 0.05) is 6.54 Å². The van der Waals surface area contributed by atoms with Crippen molar-refractivity contribution < 1.29 is 9.59 Å². The monoisotopic (exact) mass is 270 g/mol. The molecular weight excluding hydrogens is 248 g/mol. The molecule has 0 radical (unpaired) electrons.